The molecule has 1 heterocycles. The Bertz CT molecular complexity index is 847. The van der Waals surface area contributed by atoms with Crippen LogP contribution in [0.3, 0.4) is 0 Å². The number of hydrogen-bond donors (Lipinski definition) is 2. The summed E-state index contributed by atoms with van der Waals surface area (Å²) in [6.07, 6.45) is 0. The Morgan fingerprint density at radius 3 is 2.76 bits per heavy atom. The molecule has 0 aliphatic rings. The molecule has 0 saturated carbocycles. The first-order valence-corrected chi connectivity index (χ1v) is 7.28. The van der Waals surface area contributed by atoms with Gasteiger partial charge in [0.15, 0.2) is 0 Å². The molecule has 0 saturated heterocycles. The van der Waals surface area contributed by atoms with Gasteiger partial charge in [-0.15, -0.1) is 11.3 Å². The van der Waals surface area contributed by atoms with Crippen LogP contribution in [0.15, 0.2) is 42.5 Å². The first-order valence-electron chi connectivity index (χ1n) is 6.08. The second kappa shape index (κ2) is 5.35. The van der Waals surface area contributed by atoms with Crippen LogP contribution in [0.4, 0.5) is 15.8 Å². The molecule has 0 atom stereocenters. The Morgan fingerprint density at radius 1 is 1.19 bits per heavy atom. The highest BCUT2D eigenvalue weighted by Gasteiger charge is 2.11. The van der Waals surface area contributed by atoms with Crippen molar-refractivity contribution in [2.75, 3.05) is 11.1 Å². The van der Waals surface area contributed by atoms with Crippen LogP contribution in [0.25, 0.3) is 10.1 Å². The van der Waals surface area contributed by atoms with Crippen LogP contribution in [-0.2, 0) is 0 Å². The molecule has 1 amide bonds. The molecule has 0 spiro atoms. The second-order valence-corrected chi connectivity index (χ2v) is 5.97. The molecule has 106 valence electrons. The number of thiophene rings is 1. The van der Waals surface area contributed by atoms with Crippen molar-refractivity contribution in [3.8, 4) is 0 Å². The normalized spacial score (nSPS) is 10.8. The number of nitrogen functional groups attached to an aromatic ring is 1. The maximum absolute atomic E-state index is 13.2. The summed E-state index contributed by atoms with van der Waals surface area (Å²) in [7, 11) is 0. The second-order valence-electron chi connectivity index (χ2n) is 4.48. The smallest absolute Gasteiger partial charge is 0.265 e. The van der Waals surface area contributed by atoms with Gasteiger partial charge < -0.3 is 11.1 Å². The average Bonchev–Trinajstić information content (AvgIpc) is 2.86. The van der Waals surface area contributed by atoms with Gasteiger partial charge >= 0.3 is 0 Å². The summed E-state index contributed by atoms with van der Waals surface area (Å²) in [5.74, 6) is -0.583. The molecule has 3 rings (SSSR count). The summed E-state index contributed by atoms with van der Waals surface area (Å²) >= 11 is 7.07. The van der Waals surface area contributed by atoms with E-state index in [1.165, 1.54) is 23.5 Å². The van der Waals surface area contributed by atoms with Crippen molar-refractivity contribution in [1.82, 2.24) is 0 Å². The van der Waals surface area contributed by atoms with E-state index >= 15 is 0 Å². The summed E-state index contributed by atoms with van der Waals surface area (Å²) < 4.78 is 13.9. The first-order chi connectivity index (χ1) is 10.0. The SMILES string of the molecule is Nc1cc(NC(=O)c2cc3ccc(F)cc3s2)ccc1Cl. The van der Waals surface area contributed by atoms with Gasteiger partial charge in [-0.2, -0.15) is 0 Å². The fraction of sp³-hybridized carbons (Fsp3) is 0. The maximum Gasteiger partial charge on any atom is 0.265 e. The van der Waals surface area contributed by atoms with E-state index < -0.39 is 0 Å². The van der Waals surface area contributed by atoms with Crippen molar-refractivity contribution in [1.29, 1.82) is 0 Å². The van der Waals surface area contributed by atoms with Gasteiger partial charge in [0.05, 0.1) is 15.6 Å². The number of nitrogens with one attached hydrogen (secondary N) is 1. The minimum atomic E-state index is -0.318. The number of halogens is 2. The lowest BCUT2D eigenvalue weighted by molar-refractivity contribution is 0.103. The molecular weight excluding hydrogens is 311 g/mol. The van der Waals surface area contributed by atoms with E-state index in [0.717, 1.165) is 10.1 Å². The number of fused-ring (bicyclic) bond motifs is 1. The molecule has 21 heavy (non-hydrogen) atoms. The summed E-state index contributed by atoms with van der Waals surface area (Å²) in [6.45, 7) is 0. The molecule has 0 bridgehead atoms. The highest BCUT2D eigenvalue weighted by atomic mass is 35.5. The lowest BCUT2D eigenvalue weighted by Gasteiger charge is -2.05. The lowest BCUT2D eigenvalue weighted by Crippen LogP contribution is -2.10. The highest BCUT2D eigenvalue weighted by Crippen LogP contribution is 2.28. The van der Waals surface area contributed by atoms with Gasteiger partial charge in [-0.1, -0.05) is 17.7 Å². The zero-order valence-electron chi connectivity index (χ0n) is 10.7. The Morgan fingerprint density at radius 2 is 2.00 bits per heavy atom. The Hall–Kier alpha value is -2.11. The maximum atomic E-state index is 13.2. The lowest BCUT2D eigenvalue weighted by atomic mass is 10.2. The standard InChI is InChI=1S/C15H10ClFN2OS/c16-11-4-3-10(7-12(11)18)19-15(20)14-5-8-1-2-9(17)6-13(8)21-14/h1-7H,18H2,(H,19,20). The molecule has 3 aromatic rings. The number of carbonyl (C=O) groups excluding carboxylic acids is 1. The van der Waals surface area contributed by atoms with Crippen LogP contribution in [0.1, 0.15) is 9.67 Å². The van der Waals surface area contributed by atoms with E-state index in [-0.39, 0.29) is 11.7 Å². The molecule has 3 N–H and O–H groups in total. The van der Waals surface area contributed by atoms with E-state index in [1.807, 2.05) is 0 Å². The largest absolute Gasteiger partial charge is 0.397 e. The van der Waals surface area contributed by atoms with Crippen molar-refractivity contribution >= 4 is 50.3 Å². The van der Waals surface area contributed by atoms with E-state index in [2.05, 4.69) is 5.32 Å². The van der Waals surface area contributed by atoms with Gasteiger partial charge in [0, 0.05) is 10.4 Å². The molecule has 3 nitrogen and oxygen atoms in total. The number of hydrogen-bond acceptors (Lipinski definition) is 3. The molecule has 1 aromatic heterocycles. The summed E-state index contributed by atoms with van der Waals surface area (Å²) in [6, 6.07) is 11.0. The predicted octanol–water partition coefficient (Wildman–Crippen LogP) is 4.53. The van der Waals surface area contributed by atoms with Crippen LogP contribution in [0.5, 0.6) is 0 Å². The van der Waals surface area contributed by atoms with Gasteiger partial charge in [0.25, 0.3) is 5.91 Å². The van der Waals surface area contributed by atoms with Crippen LogP contribution in [0, 0.1) is 5.82 Å². The number of rotatable bonds is 2. The first kappa shape index (κ1) is 13.9. The number of nitrogens with two attached hydrogens (primary N) is 1. The molecule has 0 aliphatic heterocycles. The molecule has 0 fully saturated rings. The zero-order valence-corrected chi connectivity index (χ0v) is 12.3. The highest BCUT2D eigenvalue weighted by molar-refractivity contribution is 7.20. The Kier molecular flexibility index (Phi) is 3.53. The summed E-state index contributed by atoms with van der Waals surface area (Å²) in [5, 5.41) is 4.01. The molecule has 0 aliphatic carbocycles. The number of anilines is 2. The molecule has 0 radical (unpaired) electrons. The zero-order chi connectivity index (χ0) is 15.0. The Balaban J connectivity index is 1.87. The summed E-state index contributed by atoms with van der Waals surface area (Å²) in [5.41, 5.74) is 6.65. The van der Waals surface area contributed by atoms with Crippen LogP contribution >= 0.6 is 22.9 Å². The molecular formula is C15H10ClFN2OS. The van der Waals surface area contributed by atoms with Crippen molar-refractivity contribution in [2.24, 2.45) is 0 Å². The van der Waals surface area contributed by atoms with Gasteiger partial charge in [0.1, 0.15) is 5.82 Å². The number of benzene rings is 2. The van der Waals surface area contributed by atoms with E-state index in [1.54, 1.807) is 30.3 Å². The predicted molar refractivity (Wildman–Crippen MR) is 85.6 cm³/mol. The van der Waals surface area contributed by atoms with E-state index in [9.17, 15) is 9.18 Å². The van der Waals surface area contributed by atoms with Crippen molar-refractivity contribution < 1.29 is 9.18 Å². The quantitative estimate of drug-likeness (QED) is 0.682. The fourth-order valence-corrected chi connectivity index (χ4v) is 3.03. The topological polar surface area (TPSA) is 55.1 Å². The average molecular weight is 321 g/mol. The van der Waals surface area contributed by atoms with Crippen molar-refractivity contribution in [3.05, 3.63) is 58.2 Å². The third kappa shape index (κ3) is 2.84. The van der Waals surface area contributed by atoms with Crippen molar-refractivity contribution in [2.45, 2.75) is 0 Å². The van der Waals surface area contributed by atoms with E-state index in [4.69, 9.17) is 17.3 Å². The summed E-state index contributed by atoms with van der Waals surface area (Å²) in [4.78, 5) is 12.7. The monoisotopic (exact) mass is 320 g/mol. The third-order valence-electron chi connectivity index (χ3n) is 2.96. The molecule has 6 heteroatoms. The molecule has 2 aromatic carbocycles. The van der Waals surface area contributed by atoms with Gasteiger partial charge in [-0.3, -0.25) is 4.79 Å². The van der Waals surface area contributed by atoms with Crippen LogP contribution < -0.4 is 11.1 Å². The third-order valence-corrected chi connectivity index (χ3v) is 4.40. The van der Waals surface area contributed by atoms with Gasteiger partial charge in [-0.25, -0.2) is 4.39 Å². The minimum Gasteiger partial charge on any atom is -0.397 e. The van der Waals surface area contributed by atoms with Gasteiger partial charge in [-0.05, 0) is 41.8 Å². The minimum absolute atomic E-state index is 0.265. The van der Waals surface area contributed by atoms with Crippen molar-refractivity contribution in [3.63, 3.8) is 0 Å². The number of carbonyl (C=O) groups is 1. The number of amides is 1. The molecule has 0 unspecified atom stereocenters. The Labute approximate surface area is 129 Å². The van der Waals surface area contributed by atoms with Crippen LogP contribution in [0.2, 0.25) is 5.02 Å². The fourth-order valence-electron chi connectivity index (χ4n) is 1.93. The van der Waals surface area contributed by atoms with E-state index in [0.29, 0.717) is 21.3 Å². The van der Waals surface area contributed by atoms with Gasteiger partial charge in [0.2, 0.25) is 0 Å². The van der Waals surface area contributed by atoms with Crippen LogP contribution in [-0.4, -0.2) is 5.91 Å².